The maximum Gasteiger partial charge on any atom is 0.339 e. The molecule has 108 valence electrons. The van der Waals surface area contributed by atoms with Crippen molar-refractivity contribution in [3.8, 4) is 5.75 Å². The normalized spacial score (nSPS) is 24.1. The highest BCUT2D eigenvalue weighted by Gasteiger charge is 2.48. The molecule has 3 rings (SSSR count). The number of aromatic carboxylic acids is 1. The van der Waals surface area contributed by atoms with E-state index in [1.165, 1.54) is 38.5 Å². The van der Waals surface area contributed by atoms with Crippen molar-refractivity contribution in [1.82, 2.24) is 0 Å². The van der Waals surface area contributed by atoms with Gasteiger partial charge in [0.05, 0.1) is 0 Å². The molecule has 20 heavy (non-hydrogen) atoms. The maximum atomic E-state index is 11.3. The summed E-state index contributed by atoms with van der Waals surface area (Å²) in [6, 6.07) is 5.40. The molecule has 0 saturated heterocycles. The van der Waals surface area contributed by atoms with Gasteiger partial charge in [0.2, 0.25) is 0 Å². The van der Waals surface area contributed by atoms with Crippen LogP contribution in [-0.4, -0.2) is 17.2 Å². The van der Waals surface area contributed by atoms with E-state index >= 15 is 0 Å². The number of ether oxygens (including phenoxy) is 1. The molecule has 2 aliphatic carbocycles. The molecule has 1 N–H and O–H groups in total. The number of carboxylic acid groups (broad SMARTS) is 1. The first-order chi connectivity index (χ1) is 9.61. The van der Waals surface area contributed by atoms with Crippen LogP contribution in [0.1, 0.15) is 55.3 Å². The van der Waals surface area contributed by atoms with Crippen molar-refractivity contribution in [3.63, 3.8) is 0 Å². The minimum Gasteiger partial charge on any atom is -0.489 e. The fraction of sp³-hybridized carbons (Fsp3) is 0.562. The molecule has 1 spiro atoms. The number of hydrogen-bond donors (Lipinski definition) is 1. The van der Waals surface area contributed by atoms with E-state index < -0.39 is 5.97 Å². The first-order valence-corrected chi connectivity index (χ1v) is 8.38. The Hall–Kier alpha value is -0.780. The van der Waals surface area contributed by atoms with Gasteiger partial charge in [-0.3, -0.25) is 0 Å². The van der Waals surface area contributed by atoms with E-state index in [-0.39, 0.29) is 11.7 Å². The number of benzene rings is 1. The molecule has 1 aromatic carbocycles. The van der Waals surface area contributed by atoms with Crippen LogP contribution in [0.2, 0.25) is 0 Å². The Kier molecular flexibility index (Phi) is 3.93. The van der Waals surface area contributed by atoms with Gasteiger partial charge in [-0.05, 0) is 66.5 Å². The van der Waals surface area contributed by atoms with Gasteiger partial charge < -0.3 is 9.84 Å². The monoisotopic (exact) mass is 386 g/mol. The highest BCUT2D eigenvalue weighted by Crippen LogP contribution is 2.53. The van der Waals surface area contributed by atoms with Gasteiger partial charge >= 0.3 is 5.97 Å². The Morgan fingerprint density at radius 2 is 2.00 bits per heavy atom. The van der Waals surface area contributed by atoms with Crippen molar-refractivity contribution in [2.24, 2.45) is 5.41 Å². The quantitative estimate of drug-likeness (QED) is 0.780. The van der Waals surface area contributed by atoms with Gasteiger partial charge in [-0.25, -0.2) is 4.79 Å². The Labute approximate surface area is 132 Å². The summed E-state index contributed by atoms with van der Waals surface area (Å²) in [5.74, 6) is -0.372. The summed E-state index contributed by atoms with van der Waals surface area (Å²) >= 11 is 2.13. The molecular weight excluding hydrogens is 367 g/mol. The van der Waals surface area contributed by atoms with Gasteiger partial charge in [0.15, 0.2) is 0 Å². The van der Waals surface area contributed by atoms with E-state index in [1.807, 2.05) is 6.07 Å². The first-order valence-electron chi connectivity index (χ1n) is 7.30. The van der Waals surface area contributed by atoms with Crippen LogP contribution >= 0.6 is 22.6 Å². The lowest BCUT2D eigenvalue weighted by atomic mass is 9.58. The zero-order valence-corrected chi connectivity index (χ0v) is 13.6. The van der Waals surface area contributed by atoms with Gasteiger partial charge in [-0.15, -0.1) is 0 Å². The highest BCUT2D eigenvalue weighted by atomic mass is 127. The third-order valence-corrected chi connectivity index (χ3v) is 5.55. The third-order valence-electron chi connectivity index (χ3n) is 4.88. The van der Waals surface area contributed by atoms with E-state index in [1.54, 1.807) is 12.1 Å². The molecular formula is C16H19IO3. The largest absolute Gasteiger partial charge is 0.489 e. The van der Waals surface area contributed by atoms with Crippen molar-refractivity contribution < 1.29 is 14.6 Å². The number of rotatable bonds is 3. The highest BCUT2D eigenvalue weighted by molar-refractivity contribution is 14.1. The van der Waals surface area contributed by atoms with Crippen molar-refractivity contribution in [3.05, 3.63) is 27.3 Å². The first kappa shape index (κ1) is 14.2. The molecule has 3 nitrogen and oxygen atoms in total. The molecule has 2 saturated carbocycles. The van der Waals surface area contributed by atoms with Crippen LogP contribution in [0.4, 0.5) is 0 Å². The van der Waals surface area contributed by atoms with Crippen LogP contribution < -0.4 is 4.74 Å². The minimum atomic E-state index is -0.907. The fourth-order valence-electron chi connectivity index (χ4n) is 3.61. The standard InChI is InChI=1S/C16H19IO3/c17-11-4-5-13(12(10-11)15(18)19)20-14-6-9-16(14)7-2-1-3-8-16/h4-5,10,14H,1-3,6-9H2,(H,18,19). The second kappa shape index (κ2) is 5.54. The van der Waals surface area contributed by atoms with Crippen molar-refractivity contribution >= 4 is 28.6 Å². The van der Waals surface area contributed by atoms with Crippen LogP contribution in [0.25, 0.3) is 0 Å². The van der Waals surface area contributed by atoms with E-state index in [0.29, 0.717) is 11.2 Å². The summed E-state index contributed by atoms with van der Waals surface area (Å²) in [6.07, 6.45) is 8.90. The fourth-order valence-corrected chi connectivity index (χ4v) is 4.10. The van der Waals surface area contributed by atoms with E-state index in [4.69, 9.17) is 4.74 Å². The van der Waals surface area contributed by atoms with Gasteiger partial charge in [-0.2, -0.15) is 0 Å². The predicted molar refractivity (Wildman–Crippen MR) is 85.3 cm³/mol. The average Bonchev–Trinajstić information content (AvgIpc) is 2.45. The second-order valence-corrected chi connectivity index (χ2v) is 7.26. The Bertz CT molecular complexity index is 520. The molecule has 1 unspecified atom stereocenters. The summed E-state index contributed by atoms with van der Waals surface area (Å²) in [4.78, 5) is 11.3. The molecule has 0 radical (unpaired) electrons. The van der Waals surface area contributed by atoms with Crippen LogP contribution in [-0.2, 0) is 0 Å². The lowest BCUT2D eigenvalue weighted by Gasteiger charge is -2.51. The molecule has 0 heterocycles. The van der Waals surface area contributed by atoms with E-state index in [2.05, 4.69) is 22.6 Å². The van der Waals surface area contributed by atoms with E-state index in [9.17, 15) is 9.90 Å². The minimum absolute atomic E-state index is 0.209. The van der Waals surface area contributed by atoms with Crippen molar-refractivity contribution in [2.45, 2.75) is 51.0 Å². The van der Waals surface area contributed by atoms with Crippen LogP contribution in [0.5, 0.6) is 5.75 Å². The van der Waals surface area contributed by atoms with E-state index in [0.717, 1.165) is 9.99 Å². The third kappa shape index (κ3) is 2.54. The topological polar surface area (TPSA) is 46.5 Å². The summed E-state index contributed by atoms with van der Waals surface area (Å²) < 4.78 is 7.03. The molecule has 0 amide bonds. The number of halogens is 1. The summed E-state index contributed by atoms with van der Waals surface area (Å²) in [7, 11) is 0. The second-order valence-electron chi connectivity index (χ2n) is 6.01. The number of hydrogen-bond acceptors (Lipinski definition) is 2. The summed E-state index contributed by atoms with van der Waals surface area (Å²) in [5, 5.41) is 9.31. The SMILES string of the molecule is O=C(O)c1cc(I)ccc1OC1CCC12CCCCC2. The van der Waals surface area contributed by atoms with Gasteiger partial charge in [0, 0.05) is 8.99 Å². The number of carboxylic acids is 1. The molecule has 0 bridgehead atoms. The van der Waals surface area contributed by atoms with Crippen LogP contribution in [0.3, 0.4) is 0 Å². The Balaban J connectivity index is 1.79. The molecule has 0 aromatic heterocycles. The molecule has 0 aliphatic heterocycles. The molecule has 1 aromatic rings. The summed E-state index contributed by atoms with van der Waals surface area (Å²) in [5.41, 5.74) is 0.617. The Morgan fingerprint density at radius 3 is 2.60 bits per heavy atom. The van der Waals surface area contributed by atoms with Gasteiger partial charge in [-0.1, -0.05) is 19.3 Å². The smallest absolute Gasteiger partial charge is 0.339 e. The predicted octanol–water partition coefficient (Wildman–Crippen LogP) is 4.48. The maximum absolute atomic E-state index is 11.3. The van der Waals surface area contributed by atoms with Crippen molar-refractivity contribution in [2.75, 3.05) is 0 Å². The zero-order chi connectivity index (χ0) is 14.2. The molecule has 4 heteroatoms. The zero-order valence-electron chi connectivity index (χ0n) is 11.4. The lowest BCUT2D eigenvalue weighted by Crippen LogP contribution is -2.49. The average molecular weight is 386 g/mol. The Morgan fingerprint density at radius 1 is 1.25 bits per heavy atom. The van der Waals surface area contributed by atoms with Gasteiger partial charge in [0.25, 0.3) is 0 Å². The van der Waals surface area contributed by atoms with Gasteiger partial charge in [0.1, 0.15) is 17.4 Å². The lowest BCUT2D eigenvalue weighted by molar-refractivity contribution is -0.0706. The van der Waals surface area contributed by atoms with Crippen LogP contribution in [0, 0.1) is 8.99 Å². The molecule has 1 atom stereocenters. The number of carbonyl (C=O) groups is 1. The summed E-state index contributed by atoms with van der Waals surface area (Å²) in [6.45, 7) is 0. The van der Waals surface area contributed by atoms with Crippen molar-refractivity contribution in [1.29, 1.82) is 0 Å². The van der Waals surface area contributed by atoms with Crippen LogP contribution in [0.15, 0.2) is 18.2 Å². The molecule has 2 aliphatic rings. The molecule has 2 fully saturated rings.